The number of nitrogens with zero attached hydrogens (tertiary/aromatic N) is 1. The number of benzene rings is 3. The van der Waals surface area contributed by atoms with Crippen LogP contribution in [0.2, 0.25) is 0 Å². The number of aromatic nitrogens is 1. The molecule has 0 aliphatic heterocycles. The molecule has 1 heterocycles. The van der Waals surface area contributed by atoms with Crippen LogP contribution in [-0.4, -0.2) is 11.7 Å². The average Bonchev–Trinajstić information content (AvgIpc) is 2.82. The molecule has 3 aromatic carbocycles. The Balaban J connectivity index is 1.41. The van der Waals surface area contributed by atoms with Crippen LogP contribution < -0.4 is 14.6 Å². The molecule has 4 aromatic rings. The Morgan fingerprint density at radius 1 is 0.710 bits per heavy atom. The van der Waals surface area contributed by atoms with Crippen LogP contribution in [0.25, 0.3) is 0 Å². The van der Waals surface area contributed by atoms with E-state index in [0.717, 1.165) is 0 Å². The highest BCUT2D eigenvalue weighted by Crippen LogP contribution is 2.28. The minimum atomic E-state index is -0.198. The summed E-state index contributed by atoms with van der Waals surface area (Å²) in [6.07, 6.45) is 3.45. The van der Waals surface area contributed by atoms with Crippen molar-refractivity contribution < 1.29 is 18.9 Å². The number of anilines is 1. The predicted octanol–water partition coefficient (Wildman–Crippen LogP) is 4.64. The molecule has 0 fully saturated rings. The number of rotatable bonds is 7. The van der Waals surface area contributed by atoms with Crippen molar-refractivity contribution >= 4 is 17.4 Å². The summed E-state index contributed by atoms with van der Waals surface area (Å²) in [7, 11) is 0. The van der Waals surface area contributed by atoms with Crippen LogP contribution in [0.15, 0.2) is 109 Å². The van der Waals surface area contributed by atoms with Crippen LogP contribution >= 0.6 is 0 Å². The van der Waals surface area contributed by atoms with Gasteiger partial charge in [-0.05, 0) is 24.3 Å². The van der Waals surface area contributed by atoms with Gasteiger partial charge < -0.3 is 10.1 Å². The molecule has 0 radical (unpaired) electrons. The number of ether oxygens (including phenoxy) is 1. The highest BCUT2D eigenvalue weighted by molar-refractivity contribution is 6.08. The van der Waals surface area contributed by atoms with Gasteiger partial charge in [0.2, 0.25) is 6.54 Å². The molecule has 0 spiro atoms. The molecule has 152 valence electrons. The van der Waals surface area contributed by atoms with Crippen molar-refractivity contribution in [2.24, 2.45) is 0 Å². The fraction of sp³-hybridized carbons (Fsp3) is 0.0385. The highest BCUT2D eigenvalue weighted by Gasteiger charge is 2.15. The number of amides is 1. The zero-order chi connectivity index (χ0) is 21.5. The van der Waals surface area contributed by atoms with Crippen molar-refractivity contribution in [3.63, 3.8) is 0 Å². The molecule has 0 aliphatic carbocycles. The topological polar surface area (TPSA) is 59.3 Å². The van der Waals surface area contributed by atoms with Crippen molar-refractivity contribution in [2.75, 3.05) is 5.32 Å². The van der Waals surface area contributed by atoms with Gasteiger partial charge in [0.25, 0.3) is 5.91 Å². The first-order valence-electron chi connectivity index (χ1n) is 9.90. The lowest BCUT2D eigenvalue weighted by molar-refractivity contribution is -0.684. The number of hydrogen-bond donors (Lipinski definition) is 1. The number of carbonyl (C=O) groups excluding carboxylic acids is 2. The zero-order valence-corrected chi connectivity index (χ0v) is 16.8. The van der Waals surface area contributed by atoms with Gasteiger partial charge in [-0.15, -0.1) is 0 Å². The van der Waals surface area contributed by atoms with Crippen molar-refractivity contribution in [3.05, 3.63) is 121 Å². The summed E-state index contributed by atoms with van der Waals surface area (Å²) in [5.74, 6) is 1.01. The Bertz CT molecular complexity index is 1170. The second-order valence-electron chi connectivity index (χ2n) is 6.91. The summed E-state index contributed by atoms with van der Waals surface area (Å²) in [4.78, 5) is 25.1. The van der Waals surface area contributed by atoms with E-state index < -0.39 is 0 Å². The SMILES string of the molecule is O=C(C[n+]1ccc(C(=O)c2ccccc2)cc1)Nc1ccccc1Oc1ccccc1. The van der Waals surface area contributed by atoms with Crippen molar-refractivity contribution in [1.29, 1.82) is 0 Å². The third-order valence-corrected chi connectivity index (χ3v) is 4.65. The molecule has 0 saturated carbocycles. The fourth-order valence-electron chi connectivity index (χ4n) is 3.10. The first-order chi connectivity index (χ1) is 15.2. The van der Waals surface area contributed by atoms with E-state index in [4.69, 9.17) is 4.74 Å². The lowest BCUT2D eigenvalue weighted by Gasteiger charge is -2.11. The molecule has 0 unspecified atom stereocenters. The molecular formula is C26H21N2O3+. The molecule has 1 N–H and O–H groups in total. The average molecular weight is 409 g/mol. The predicted molar refractivity (Wildman–Crippen MR) is 118 cm³/mol. The molecular weight excluding hydrogens is 388 g/mol. The Morgan fingerprint density at radius 3 is 2.00 bits per heavy atom. The summed E-state index contributed by atoms with van der Waals surface area (Å²) in [5, 5.41) is 2.89. The number of ketones is 1. The van der Waals surface area contributed by atoms with Crippen LogP contribution in [0, 0.1) is 0 Å². The Hall–Kier alpha value is -4.25. The van der Waals surface area contributed by atoms with E-state index in [2.05, 4.69) is 5.32 Å². The van der Waals surface area contributed by atoms with Gasteiger partial charge in [-0.3, -0.25) is 9.59 Å². The standard InChI is InChI=1S/C26H20N2O3/c29-25(27-23-13-7-8-14-24(23)31-22-11-5-2-6-12-22)19-28-17-15-21(16-18-28)26(30)20-9-3-1-4-10-20/h1-18H,19H2/p+1. The van der Waals surface area contributed by atoms with Gasteiger partial charge >= 0.3 is 0 Å². The van der Waals surface area contributed by atoms with E-state index in [9.17, 15) is 9.59 Å². The van der Waals surface area contributed by atoms with Crippen molar-refractivity contribution in [1.82, 2.24) is 0 Å². The highest BCUT2D eigenvalue weighted by atomic mass is 16.5. The van der Waals surface area contributed by atoms with Gasteiger partial charge in [0.1, 0.15) is 5.75 Å². The number of carbonyl (C=O) groups is 2. The molecule has 1 amide bonds. The lowest BCUT2D eigenvalue weighted by Crippen LogP contribution is -2.39. The molecule has 4 rings (SSSR count). The molecule has 0 saturated heterocycles. The minimum absolute atomic E-state index is 0.0517. The van der Waals surface area contributed by atoms with Crippen LogP contribution in [0.4, 0.5) is 5.69 Å². The lowest BCUT2D eigenvalue weighted by atomic mass is 10.0. The maximum Gasteiger partial charge on any atom is 0.290 e. The molecule has 5 heteroatoms. The summed E-state index contributed by atoms with van der Waals surface area (Å²) in [5.41, 5.74) is 1.80. The van der Waals surface area contributed by atoms with E-state index in [0.29, 0.717) is 28.3 Å². The smallest absolute Gasteiger partial charge is 0.290 e. The second-order valence-corrected chi connectivity index (χ2v) is 6.91. The van der Waals surface area contributed by atoms with Gasteiger partial charge in [0, 0.05) is 23.3 Å². The van der Waals surface area contributed by atoms with Gasteiger partial charge in [-0.2, -0.15) is 4.57 Å². The molecule has 0 bridgehead atoms. The van der Waals surface area contributed by atoms with Gasteiger partial charge in [-0.1, -0.05) is 60.7 Å². The summed E-state index contributed by atoms with van der Waals surface area (Å²) < 4.78 is 7.61. The summed E-state index contributed by atoms with van der Waals surface area (Å²) in [6, 6.07) is 29.2. The normalized spacial score (nSPS) is 10.3. The largest absolute Gasteiger partial charge is 0.455 e. The second kappa shape index (κ2) is 9.50. The van der Waals surface area contributed by atoms with Crippen LogP contribution in [0.5, 0.6) is 11.5 Å². The first kappa shape index (κ1) is 20.0. The Labute approximate surface area is 180 Å². The fourth-order valence-corrected chi connectivity index (χ4v) is 3.10. The molecule has 31 heavy (non-hydrogen) atoms. The van der Waals surface area contributed by atoms with E-state index in [-0.39, 0.29) is 18.2 Å². The molecule has 0 atom stereocenters. The maximum atomic E-state index is 12.6. The van der Waals surface area contributed by atoms with Gasteiger partial charge in [0.05, 0.1) is 5.69 Å². The number of hydrogen-bond acceptors (Lipinski definition) is 3. The van der Waals surface area contributed by atoms with E-state index in [1.54, 1.807) is 53.4 Å². The van der Waals surface area contributed by atoms with Crippen molar-refractivity contribution in [3.8, 4) is 11.5 Å². The number of para-hydroxylation sites is 3. The third-order valence-electron chi connectivity index (χ3n) is 4.65. The summed E-state index contributed by atoms with van der Waals surface area (Å²) in [6.45, 7) is 0.111. The van der Waals surface area contributed by atoms with Gasteiger partial charge in [-0.25, -0.2) is 0 Å². The van der Waals surface area contributed by atoms with Crippen LogP contribution in [0.1, 0.15) is 15.9 Å². The third kappa shape index (κ3) is 5.22. The number of pyridine rings is 1. The van der Waals surface area contributed by atoms with E-state index in [1.807, 2.05) is 60.7 Å². The quantitative estimate of drug-likeness (QED) is 0.357. The van der Waals surface area contributed by atoms with Crippen LogP contribution in [0.3, 0.4) is 0 Å². The Kier molecular flexibility index (Phi) is 6.14. The zero-order valence-electron chi connectivity index (χ0n) is 16.8. The van der Waals surface area contributed by atoms with Crippen LogP contribution in [-0.2, 0) is 11.3 Å². The molecule has 0 aliphatic rings. The van der Waals surface area contributed by atoms with Gasteiger partial charge in [0.15, 0.2) is 23.9 Å². The molecule has 1 aromatic heterocycles. The summed E-state index contributed by atoms with van der Waals surface area (Å²) >= 11 is 0. The monoisotopic (exact) mass is 409 g/mol. The molecule has 5 nitrogen and oxygen atoms in total. The first-order valence-corrected chi connectivity index (χ1v) is 9.90. The number of nitrogens with one attached hydrogen (secondary N) is 1. The van der Waals surface area contributed by atoms with E-state index in [1.165, 1.54) is 0 Å². The van der Waals surface area contributed by atoms with Crippen molar-refractivity contribution in [2.45, 2.75) is 6.54 Å². The van der Waals surface area contributed by atoms with E-state index >= 15 is 0 Å². The minimum Gasteiger partial charge on any atom is -0.455 e. The maximum absolute atomic E-state index is 12.6. The Morgan fingerprint density at radius 2 is 1.29 bits per heavy atom.